The average molecular weight is 386 g/mol. The second kappa shape index (κ2) is 9.21. The molecule has 0 unspecified atom stereocenters. The standard InChI is InChI=1S/C21H31N5O2/c1-16-5-7-17(8-6-16)19-25-18(14-28-19)13-23-20(22-4)24-15-21(2,3)26-9-11-27-12-10-26/h5-8,14H,9-13,15H2,1-4H3,(H2,22,23,24). The molecule has 1 aliphatic rings. The number of hydrogen-bond donors (Lipinski definition) is 2. The number of aliphatic imine (C=N–C) groups is 1. The van der Waals surface area contributed by atoms with Crippen LogP contribution in [0.1, 0.15) is 25.1 Å². The molecule has 1 aliphatic heterocycles. The van der Waals surface area contributed by atoms with Gasteiger partial charge in [0.05, 0.1) is 25.5 Å². The molecule has 1 fully saturated rings. The monoisotopic (exact) mass is 385 g/mol. The highest BCUT2D eigenvalue weighted by atomic mass is 16.5. The van der Waals surface area contributed by atoms with Crippen molar-refractivity contribution in [3.8, 4) is 11.5 Å². The number of oxazole rings is 1. The van der Waals surface area contributed by atoms with Crippen LogP contribution in [-0.2, 0) is 11.3 Å². The van der Waals surface area contributed by atoms with Crippen molar-refractivity contribution in [3.63, 3.8) is 0 Å². The van der Waals surface area contributed by atoms with Gasteiger partial charge in [-0.2, -0.15) is 0 Å². The largest absolute Gasteiger partial charge is 0.444 e. The van der Waals surface area contributed by atoms with Crippen molar-refractivity contribution in [2.45, 2.75) is 32.9 Å². The molecule has 0 amide bonds. The third kappa shape index (κ3) is 5.33. The van der Waals surface area contributed by atoms with Gasteiger partial charge in [0, 0.05) is 37.8 Å². The number of aryl methyl sites for hydroxylation is 1. The molecule has 2 aromatic rings. The first-order valence-electron chi connectivity index (χ1n) is 9.77. The second-order valence-corrected chi connectivity index (χ2v) is 7.70. The molecule has 0 bridgehead atoms. The number of rotatable bonds is 6. The molecule has 7 heteroatoms. The second-order valence-electron chi connectivity index (χ2n) is 7.70. The lowest BCUT2D eigenvalue weighted by Crippen LogP contribution is -2.56. The van der Waals surface area contributed by atoms with Crippen molar-refractivity contribution in [2.24, 2.45) is 4.99 Å². The maximum absolute atomic E-state index is 5.62. The first-order valence-corrected chi connectivity index (χ1v) is 9.77. The van der Waals surface area contributed by atoms with E-state index in [1.165, 1.54) is 5.56 Å². The molecule has 7 nitrogen and oxygen atoms in total. The predicted octanol–water partition coefficient (Wildman–Crippen LogP) is 2.43. The van der Waals surface area contributed by atoms with Crippen molar-refractivity contribution in [1.82, 2.24) is 20.5 Å². The van der Waals surface area contributed by atoms with E-state index in [0.717, 1.165) is 50.1 Å². The highest BCUT2D eigenvalue weighted by Gasteiger charge is 2.28. The summed E-state index contributed by atoms with van der Waals surface area (Å²) in [5.74, 6) is 1.38. The Kier molecular flexibility index (Phi) is 6.70. The first-order chi connectivity index (χ1) is 13.5. The minimum atomic E-state index is 0.0217. The first kappa shape index (κ1) is 20.4. The Labute approximate surface area is 167 Å². The van der Waals surface area contributed by atoms with E-state index in [9.17, 15) is 0 Å². The summed E-state index contributed by atoms with van der Waals surface area (Å²) in [6, 6.07) is 8.15. The van der Waals surface area contributed by atoms with E-state index < -0.39 is 0 Å². The topological polar surface area (TPSA) is 74.9 Å². The third-order valence-electron chi connectivity index (χ3n) is 5.07. The van der Waals surface area contributed by atoms with Gasteiger partial charge in [0.15, 0.2) is 5.96 Å². The maximum Gasteiger partial charge on any atom is 0.226 e. The van der Waals surface area contributed by atoms with Crippen molar-refractivity contribution in [2.75, 3.05) is 39.9 Å². The van der Waals surface area contributed by atoms with E-state index in [4.69, 9.17) is 9.15 Å². The lowest BCUT2D eigenvalue weighted by Gasteiger charge is -2.41. The van der Waals surface area contributed by atoms with Gasteiger partial charge in [-0.25, -0.2) is 4.98 Å². The van der Waals surface area contributed by atoms with Gasteiger partial charge in [-0.1, -0.05) is 17.7 Å². The van der Waals surface area contributed by atoms with Gasteiger partial charge >= 0.3 is 0 Å². The van der Waals surface area contributed by atoms with Crippen LogP contribution in [0, 0.1) is 6.92 Å². The maximum atomic E-state index is 5.62. The Balaban J connectivity index is 1.51. The highest BCUT2D eigenvalue weighted by molar-refractivity contribution is 5.79. The smallest absolute Gasteiger partial charge is 0.226 e. The molecule has 3 rings (SSSR count). The molecule has 0 radical (unpaired) electrons. The van der Waals surface area contributed by atoms with E-state index in [2.05, 4.69) is 58.4 Å². The average Bonchev–Trinajstić information content (AvgIpc) is 3.18. The molecule has 2 N–H and O–H groups in total. The Morgan fingerprint density at radius 3 is 2.57 bits per heavy atom. The van der Waals surface area contributed by atoms with Crippen molar-refractivity contribution >= 4 is 5.96 Å². The van der Waals surface area contributed by atoms with Crippen LogP contribution in [0.3, 0.4) is 0 Å². The van der Waals surface area contributed by atoms with Gasteiger partial charge in [0.1, 0.15) is 6.26 Å². The zero-order chi connectivity index (χ0) is 20.0. The molecular formula is C21H31N5O2. The van der Waals surface area contributed by atoms with Crippen LogP contribution in [0.2, 0.25) is 0 Å². The normalized spacial score (nSPS) is 16.2. The summed E-state index contributed by atoms with van der Waals surface area (Å²) in [6.45, 7) is 11.4. The molecule has 0 spiro atoms. The SMILES string of the molecule is CN=C(NCc1coc(-c2ccc(C)cc2)n1)NCC(C)(C)N1CCOCC1. The van der Waals surface area contributed by atoms with Crippen LogP contribution >= 0.6 is 0 Å². The van der Waals surface area contributed by atoms with E-state index in [1.807, 2.05) is 12.1 Å². The molecule has 2 heterocycles. The highest BCUT2D eigenvalue weighted by Crippen LogP contribution is 2.19. The number of hydrogen-bond acceptors (Lipinski definition) is 5. The van der Waals surface area contributed by atoms with E-state index in [1.54, 1.807) is 13.3 Å². The molecule has 0 atom stereocenters. The van der Waals surface area contributed by atoms with Crippen molar-refractivity contribution < 1.29 is 9.15 Å². The summed E-state index contributed by atoms with van der Waals surface area (Å²) in [4.78, 5) is 11.3. The van der Waals surface area contributed by atoms with Gasteiger partial charge in [-0.15, -0.1) is 0 Å². The molecule has 152 valence electrons. The molecule has 1 aromatic carbocycles. The minimum absolute atomic E-state index is 0.0217. The quantitative estimate of drug-likeness (QED) is 0.588. The third-order valence-corrected chi connectivity index (χ3v) is 5.07. The molecule has 1 saturated heterocycles. The molecule has 28 heavy (non-hydrogen) atoms. The van der Waals surface area contributed by atoms with Crippen molar-refractivity contribution in [3.05, 3.63) is 41.8 Å². The molecule has 0 aliphatic carbocycles. The summed E-state index contributed by atoms with van der Waals surface area (Å²) >= 11 is 0. The zero-order valence-corrected chi connectivity index (χ0v) is 17.3. The van der Waals surface area contributed by atoms with E-state index in [0.29, 0.717) is 12.4 Å². The predicted molar refractivity (Wildman–Crippen MR) is 111 cm³/mol. The lowest BCUT2D eigenvalue weighted by molar-refractivity contribution is -0.00834. The van der Waals surface area contributed by atoms with Gasteiger partial charge in [-0.3, -0.25) is 9.89 Å². The molecule has 0 saturated carbocycles. The lowest BCUT2D eigenvalue weighted by atomic mass is 10.0. The Bertz CT molecular complexity index is 776. The number of benzene rings is 1. The van der Waals surface area contributed by atoms with Gasteiger partial charge in [-0.05, 0) is 32.9 Å². The number of nitrogens with one attached hydrogen (secondary N) is 2. The van der Waals surface area contributed by atoms with Gasteiger partial charge in [0.2, 0.25) is 5.89 Å². The number of nitrogens with zero attached hydrogens (tertiary/aromatic N) is 3. The number of aromatic nitrogens is 1. The number of morpholine rings is 1. The summed E-state index contributed by atoms with van der Waals surface area (Å²) < 4.78 is 11.1. The van der Waals surface area contributed by atoms with E-state index >= 15 is 0 Å². The number of guanidine groups is 1. The minimum Gasteiger partial charge on any atom is -0.444 e. The summed E-state index contributed by atoms with van der Waals surface area (Å²) in [5, 5.41) is 6.73. The summed E-state index contributed by atoms with van der Waals surface area (Å²) in [6.07, 6.45) is 1.69. The Hall–Kier alpha value is -2.38. The summed E-state index contributed by atoms with van der Waals surface area (Å²) in [5.41, 5.74) is 3.05. The van der Waals surface area contributed by atoms with E-state index in [-0.39, 0.29) is 5.54 Å². The van der Waals surface area contributed by atoms with Crippen LogP contribution in [0.4, 0.5) is 0 Å². The Morgan fingerprint density at radius 1 is 1.18 bits per heavy atom. The fourth-order valence-electron chi connectivity index (χ4n) is 3.19. The Morgan fingerprint density at radius 2 is 1.89 bits per heavy atom. The van der Waals surface area contributed by atoms with Crippen LogP contribution in [0.5, 0.6) is 0 Å². The van der Waals surface area contributed by atoms with Crippen LogP contribution in [0.15, 0.2) is 39.9 Å². The van der Waals surface area contributed by atoms with Crippen LogP contribution in [-0.4, -0.2) is 61.3 Å². The van der Waals surface area contributed by atoms with Crippen LogP contribution < -0.4 is 10.6 Å². The fourth-order valence-corrected chi connectivity index (χ4v) is 3.19. The molecule has 1 aromatic heterocycles. The number of ether oxygens (including phenoxy) is 1. The molecular weight excluding hydrogens is 354 g/mol. The van der Waals surface area contributed by atoms with Crippen LogP contribution in [0.25, 0.3) is 11.5 Å². The zero-order valence-electron chi connectivity index (χ0n) is 17.3. The summed E-state index contributed by atoms with van der Waals surface area (Å²) in [7, 11) is 1.78. The van der Waals surface area contributed by atoms with Crippen molar-refractivity contribution in [1.29, 1.82) is 0 Å². The van der Waals surface area contributed by atoms with Gasteiger partial charge in [0.25, 0.3) is 0 Å². The fraction of sp³-hybridized carbons (Fsp3) is 0.524. The van der Waals surface area contributed by atoms with Gasteiger partial charge < -0.3 is 19.8 Å².